The summed E-state index contributed by atoms with van der Waals surface area (Å²) in [6.07, 6.45) is 9.50. The number of ether oxygens (including phenoxy) is 1. The highest BCUT2D eigenvalue weighted by Crippen LogP contribution is 2.25. The van der Waals surface area contributed by atoms with E-state index in [0.29, 0.717) is 12.6 Å². The van der Waals surface area contributed by atoms with Crippen molar-refractivity contribution in [2.45, 2.75) is 64.1 Å². The van der Waals surface area contributed by atoms with Crippen molar-refractivity contribution in [1.29, 1.82) is 0 Å². The molecular weight excluding hydrogens is 366 g/mol. The molecule has 1 N–H and O–H groups in total. The largest absolute Gasteiger partial charge is 0.497 e. The van der Waals surface area contributed by atoms with Crippen molar-refractivity contribution in [3.05, 3.63) is 59.9 Å². The fraction of sp³-hybridized carbons (Fsp3) is 0.478. The number of methoxy groups -OCH3 is 1. The third kappa shape index (κ3) is 5.68. The summed E-state index contributed by atoms with van der Waals surface area (Å²) in [5, 5.41) is 4.48. The average molecular weight is 398 g/mol. The summed E-state index contributed by atoms with van der Waals surface area (Å²) in [6, 6.07) is 14.9. The van der Waals surface area contributed by atoms with Crippen LogP contribution in [0, 0.1) is 0 Å². The Labute approximate surface area is 174 Å². The van der Waals surface area contributed by atoms with Crippen molar-refractivity contribution in [1.82, 2.24) is 15.2 Å². The van der Waals surface area contributed by atoms with Crippen molar-refractivity contribution in [3.63, 3.8) is 0 Å². The Hall–Kier alpha value is -2.14. The van der Waals surface area contributed by atoms with Crippen LogP contribution in [0.25, 0.3) is 0 Å². The predicted octanol–water partition coefficient (Wildman–Crippen LogP) is 5.25. The molecule has 0 aliphatic heterocycles. The van der Waals surface area contributed by atoms with Gasteiger partial charge in [0.05, 0.1) is 25.4 Å². The van der Waals surface area contributed by atoms with E-state index in [2.05, 4.69) is 40.3 Å². The summed E-state index contributed by atoms with van der Waals surface area (Å²) in [7, 11) is 1.69. The molecule has 0 saturated heterocycles. The minimum atomic E-state index is 0.138. The van der Waals surface area contributed by atoms with Crippen LogP contribution in [-0.2, 0) is 6.54 Å². The molecule has 1 saturated carbocycles. The van der Waals surface area contributed by atoms with Gasteiger partial charge >= 0.3 is 0 Å². The topological polar surface area (TPSA) is 37.4 Å². The molecule has 0 amide bonds. The van der Waals surface area contributed by atoms with Crippen LogP contribution in [0.4, 0.5) is 0 Å². The SMILES string of the molecule is COc1ccc([C@@H](C)N(Cc2ccccn2)C(=S)NC2CCCCCC2)cc1. The normalized spacial score (nSPS) is 16.1. The smallest absolute Gasteiger partial charge is 0.170 e. The van der Waals surface area contributed by atoms with Crippen molar-refractivity contribution in [2.75, 3.05) is 7.11 Å². The Morgan fingerprint density at radius 2 is 1.86 bits per heavy atom. The Morgan fingerprint density at radius 3 is 2.46 bits per heavy atom. The van der Waals surface area contributed by atoms with Gasteiger partial charge in [-0.05, 0) is 61.8 Å². The van der Waals surface area contributed by atoms with Gasteiger partial charge in [0.1, 0.15) is 5.75 Å². The first-order valence-electron chi connectivity index (χ1n) is 10.3. The summed E-state index contributed by atoms with van der Waals surface area (Å²) in [4.78, 5) is 6.77. The fourth-order valence-electron chi connectivity index (χ4n) is 3.79. The van der Waals surface area contributed by atoms with Gasteiger partial charge < -0.3 is 15.0 Å². The molecule has 0 radical (unpaired) electrons. The number of hydrogen-bond acceptors (Lipinski definition) is 3. The van der Waals surface area contributed by atoms with E-state index in [0.717, 1.165) is 16.6 Å². The van der Waals surface area contributed by atoms with E-state index < -0.39 is 0 Å². The lowest BCUT2D eigenvalue weighted by Gasteiger charge is -2.34. The van der Waals surface area contributed by atoms with Gasteiger partial charge in [0.25, 0.3) is 0 Å². The van der Waals surface area contributed by atoms with Gasteiger partial charge in [0, 0.05) is 12.2 Å². The third-order valence-corrected chi connectivity index (χ3v) is 5.92. The lowest BCUT2D eigenvalue weighted by Crippen LogP contribution is -2.45. The molecule has 1 heterocycles. The molecular formula is C23H31N3OS. The monoisotopic (exact) mass is 397 g/mol. The average Bonchev–Trinajstić information content (AvgIpc) is 3.01. The van der Waals surface area contributed by atoms with Crippen LogP contribution in [-0.4, -0.2) is 28.1 Å². The van der Waals surface area contributed by atoms with Gasteiger partial charge in [-0.3, -0.25) is 4.98 Å². The van der Waals surface area contributed by atoms with Crippen molar-refractivity contribution >= 4 is 17.3 Å². The molecule has 0 bridgehead atoms. The van der Waals surface area contributed by atoms with Gasteiger partial charge in [-0.2, -0.15) is 0 Å². The molecule has 1 aromatic heterocycles. The number of aromatic nitrogens is 1. The number of pyridine rings is 1. The molecule has 4 nitrogen and oxygen atoms in total. The molecule has 2 aromatic rings. The van der Waals surface area contributed by atoms with Crippen molar-refractivity contribution < 1.29 is 4.74 Å². The minimum Gasteiger partial charge on any atom is -0.497 e. The first-order chi connectivity index (χ1) is 13.7. The van der Waals surface area contributed by atoms with Gasteiger partial charge in [-0.1, -0.05) is 43.9 Å². The van der Waals surface area contributed by atoms with Crippen LogP contribution in [0.15, 0.2) is 48.7 Å². The molecule has 0 spiro atoms. The zero-order valence-corrected chi connectivity index (χ0v) is 17.8. The number of hydrogen-bond donors (Lipinski definition) is 1. The highest BCUT2D eigenvalue weighted by Gasteiger charge is 2.22. The molecule has 1 aliphatic carbocycles. The Bertz CT molecular complexity index is 727. The highest BCUT2D eigenvalue weighted by molar-refractivity contribution is 7.80. The van der Waals surface area contributed by atoms with Gasteiger partial charge in [0.15, 0.2) is 5.11 Å². The van der Waals surface area contributed by atoms with Gasteiger partial charge in [-0.25, -0.2) is 0 Å². The predicted molar refractivity (Wildman–Crippen MR) is 118 cm³/mol. The quantitative estimate of drug-likeness (QED) is 0.532. The van der Waals surface area contributed by atoms with Crippen LogP contribution in [0.3, 0.4) is 0 Å². The standard InChI is InChI=1S/C23H31N3OS/c1-18(19-12-14-22(27-2)15-13-19)26(17-21-11-7-8-16-24-21)23(28)25-20-9-5-3-4-6-10-20/h7-8,11-16,18,20H,3-6,9-10,17H2,1-2H3,(H,25,28)/t18-/m1/s1. The Balaban J connectivity index is 1.77. The van der Waals surface area contributed by atoms with E-state index in [1.165, 1.54) is 44.1 Å². The maximum Gasteiger partial charge on any atom is 0.170 e. The van der Waals surface area contributed by atoms with Crippen LogP contribution in [0.1, 0.15) is 62.7 Å². The number of nitrogens with zero attached hydrogens (tertiary/aromatic N) is 2. The molecule has 1 aliphatic rings. The summed E-state index contributed by atoms with van der Waals surface area (Å²) < 4.78 is 5.30. The summed E-state index contributed by atoms with van der Waals surface area (Å²) in [6.45, 7) is 2.89. The number of thiocarbonyl (C=S) groups is 1. The number of rotatable bonds is 6. The summed E-state index contributed by atoms with van der Waals surface area (Å²) in [5.41, 5.74) is 2.23. The lowest BCUT2D eigenvalue weighted by molar-refractivity contribution is 0.313. The van der Waals surface area contributed by atoms with E-state index in [4.69, 9.17) is 17.0 Å². The van der Waals surface area contributed by atoms with Crippen LogP contribution in [0.2, 0.25) is 0 Å². The lowest BCUT2D eigenvalue weighted by atomic mass is 10.1. The van der Waals surface area contributed by atoms with E-state index in [9.17, 15) is 0 Å². The molecule has 5 heteroatoms. The van der Waals surface area contributed by atoms with Crippen molar-refractivity contribution in [3.8, 4) is 5.75 Å². The fourth-order valence-corrected chi connectivity index (χ4v) is 4.18. The zero-order valence-electron chi connectivity index (χ0n) is 16.9. The second-order valence-corrected chi connectivity index (χ2v) is 7.92. The van der Waals surface area contributed by atoms with E-state index in [-0.39, 0.29) is 6.04 Å². The summed E-state index contributed by atoms with van der Waals surface area (Å²) in [5.74, 6) is 0.867. The maximum atomic E-state index is 5.89. The number of nitrogens with one attached hydrogen (secondary N) is 1. The molecule has 1 atom stereocenters. The molecule has 28 heavy (non-hydrogen) atoms. The maximum absolute atomic E-state index is 5.89. The number of benzene rings is 1. The Kier molecular flexibility index (Phi) is 7.66. The van der Waals surface area contributed by atoms with Gasteiger partial charge in [0.2, 0.25) is 0 Å². The second-order valence-electron chi connectivity index (χ2n) is 7.54. The van der Waals surface area contributed by atoms with Crippen LogP contribution < -0.4 is 10.1 Å². The highest BCUT2D eigenvalue weighted by atomic mass is 32.1. The van der Waals surface area contributed by atoms with Crippen LogP contribution in [0.5, 0.6) is 5.75 Å². The molecule has 1 fully saturated rings. The van der Waals surface area contributed by atoms with Crippen LogP contribution >= 0.6 is 12.2 Å². The minimum absolute atomic E-state index is 0.138. The van der Waals surface area contributed by atoms with E-state index in [1.807, 2.05) is 30.5 Å². The molecule has 150 valence electrons. The third-order valence-electron chi connectivity index (χ3n) is 5.57. The van der Waals surface area contributed by atoms with E-state index >= 15 is 0 Å². The summed E-state index contributed by atoms with van der Waals surface area (Å²) >= 11 is 5.89. The first-order valence-corrected chi connectivity index (χ1v) is 10.7. The Morgan fingerprint density at radius 1 is 1.14 bits per heavy atom. The van der Waals surface area contributed by atoms with Gasteiger partial charge in [-0.15, -0.1) is 0 Å². The second kappa shape index (κ2) is 10.4. The molecule has 1 aromatic carbocycles. The first kappa shape index (κ1) is 20.6. The molecule has 0 unspecified atom stereocenters. The van der Waals surface area contributed by atoms with Crippen molar-refractivity contribution in [2.24, 2.45) is 0 Å². The van der Waals surface area contributed by atoms with E-state index in [1.54, 1.807) is 7.11 Å². The zero-order chi connectivity index (χ0) is 19.8. The molecule has 3 rings (SSSR count).